The van der Waals surface area contributed by atoms with Gasteiger partial charge in [0.15, 0.2) is 0 Å². The minimum atomic E-state index is -0.742. The lowest BCUT2D eigenvalue weighted by Crippen LogP contribution is -2.22. The molecule has 0 bridgehead atoms. The number of nitrogens with zero attached hydrogens (tertiary/aromatic N) is 1. The average Bonchev–Trinajstić information content (AvgIpc) is 2.59. The van der Waals surface area contributed by atoms with E-state index in [1.54, 1.807) is 6.92 Å². The Labute approximate surface area is 88.3 Å². The second-order valence-electron chi connectivity index (χ2n) is 4.23. The molecule has 2 rings (SSSR count). The molecule has 15 heavy (non-hydrogen) atoms. The van der Waals surface area contributed by atoms with Gasteiger partial charge in [0.05, 0.1) is 11.6 Å². The van der Waals surface area contributed by atoms with Gasteiger partial charge in [-0.25, -0.2) is 0 Å². The van der Waals surface area contributed by atoms with Gasteiger partial charge in [0.25, 0.3) is 0 Å². The van der Waals surface area contributed by atoms with Crippen molar-refractivity contribution in [1.82, 2.24) is 5.16 Å². The minimum absolute atomic E-state index is 0.0671. The smallest absolute Gasteiger partial charge is 0.306 e. The van der Waals surface area contributed by atoms with Crippen LogP contribution in [0.1, 0.15) is 42.7 Å². The van der Waals surface area contributed by atoms with E-state index in [0.717, 1.165) is 36.3 Å². The fourth-order valence-corrected chi connectivity index (χ4v) is 2.38. The molecule has 1 aliphatic carbocycles. The highest BCUT2D eigenvalue weighted by Gasteiger charge is 2.33. The van der Waals surface area contributed by atoms with E-state index < -0.39 is 5.97 Å². The van der Waals surface area contributed by atoms with Gasteiger partial charge in [-0.1, -0.05) is 12.1 Å². The van der Waals surface area contributed by atoms with Crippen LogP contribution >= 0.6 is 0 Å². The van der Waals surface area contributed by atoms with Crippen molar-refractivity contribution >= 4 is 5.97 Å². The van der Waals surface area contributed by atoms with Crippen LogP contribution in [-0.4, -0.2) is 16.2 Å². The molecule has 4 heteroatoms. The van der Waals surface area contributed by atoms with Gasteiger partial charge in [0.1, 0.15) is 5.76 Å². The van der Waals surface area contributed by atoms with Crippen LogP contribution in [-0.2, 0) is 11.2 Å². The molecule has 0 fully saturated rings. The van der Waals surface area contributed by atoms with Crippen molar-refractivity contribution in [2.45, 2.75) is 39.0 Å². The van der Waals surface area contributed by atoms with Gasteiger partial charge in [0.2, 0.25) is 0 Å². The molecule has 0 radical (unpaired) electrons. The van der Waals surface area contributed by atoms with E-state index in [9.17, 15) is 4.79 Å². The maximum Gasteiger partial charge on any atom is 0.306 e. The molecule has 0 spiro atoms. The van der Waals surface area contributed by atoms with Crippen molar-refractivity contribution in [3.63, 3.8) is 0 Å². The summed E-state index contributed by atoms with van der Waals surface area (Å²) >= 11 is 0. The number of carboxylic acids is 1. The van der Waals surface area contributed by atoms with Crippen LogP contribution < -0.4 is 0 Å². The summed E-state index contributed by atoms with van der Waals surface area (Å²) in [6.07, 6.45) is 2.80. The summed E-state index contributed by atoms with van der Waals surface area (Å²) in [6, 6.07) is 0. The van der Waals surface area contributed by atoms with Crippen molar-refractivity contribution in [2.75, 3.05) is 0 Å². The quantitative estimate of drug-likeness (QED) is 0.810. The number of aryl methyl sites for hydroxylation is 2. The summed E-state index contributed by atoms with van der Waals surface area (Å²) in [5.41, 5.74) is 1.89. The van der Waals surface area contributed by atoms with Crippen LogP contribution in [0.15, 0.2) is 4.52 Å². The van der Waals surface area contributed by atoms with Crippen molar-refractivity contribution in [3.8, 4) is 0 Å². The number of hydrogen-bond donors (Lipinski definition) is 1. The van der Waals surface area contributed by atoms with Gasteiger partial charge in [0, 0.05) is 17.9 Å². The predicted octanol–water partition coefficient (Wildman–Crippen LogP) is 2.12. The van der Waals surface area contributed by atoms with Gasteiger partial charge in [-0.15, -0.1) is 0 Å². The molecule has 1 aromatic rings. The Morgan fingerprint density at radius 3 is 3.07 bits per heavy atom. The van der Waals surface area contributed by atoms with E-state index in [1.807, 2.05) is 6.92 Å². The minimum Gasteiger partial charge on any atom is -0.481 e. The molecule has 82 valence electrons. The number of aliphatic carboxylic acids is 1. The number of rotatable bonds is 2. The Morgan fingerprint density at radius 1 is 1.67 bits per heavy atom. The first-order valence-corrected chi connectivity index (χ1v) is 5.29. The van der Waals surface area contributed by atoms with Gasteiger partial charge in [-0.05, 0) is 19.8 Å². The molecule has 0 aromatic carbocycles. The fourth-order valence-electron chi connectivity index (χ4n) is 2.38. The summed E-state index contributed by atoms with van der Waals surface area (Å²) < 4.78 is 5.20. The third-order valence-electron chi connectivity index (χ3n) is 3.27. The monoisotopic (exact) mass is 209 g/mol. The second-order valence-corrected chi connectivity index (χ2v) is 4.23. The number of hydrogen-bond acceptors (Lipinski definition) is 3. The lowest BCUT2D eigenvalue weighted by atomic mass is 9.78. The number of carboxylic acid groups (broad SMARTS) is 1. The standard InChI is InChI=1S/C11H15NO3/c1-6(11(13)14)8-4-3-5-9-10(8)7(2)12-15-9/h6,8H,3-5H2,1-2H3,(H,13,14). The second kappa shape index (κ2) is 3.68. The molecule has 0 saturated heterocycles. The van der Waals surface area contributed by atoms with Crippen molar-refractivity contribution in [2.24, 2.45) is 5.92 Å². The summed E-state index contributed by atoms with van der Waals surface area (Å²) in [5.74, 6) is -0.148. The van der Waals surface area contributed by atoms with Crippen LogP contribution in [0.2, 0.25) is 0 Å². The van der Waals surface area contributed by atoms with Gasteiger partial charge < -0.3 is 9.63 Å². The molecule has 4 nitrogen and oxygen atoms in total. The van der Waals surface area contributed by atoms with Gasteiger partial charge in [-0.3, -0.25) is 4.79 Å². The summed E-state index contributed by atoms with van der Waals surface area (Å²) in [4.78, 5) is 11.0. The number of carbonyl (C=O) groups is 1. The van der Waals surface area contributed by atoms with Crippen molar-refractivity contribution < 1.29 is 14.4 Å². The molecule has 0 aliphatic heterocycles. The molecular weight excluding hydrogens is 194 g/mol. The summed E-state index contributed by atoms with van der Waals surface area (Å²) in [7, 11) is 0. The topological polar surface area (TPSA) is 63.3 Å². The third kappa shape index (κ3) is 1.64. The Hall–Kier alpha value is -1.32. The van der Waals surface area contributed by atoms with E-state index in [0.29, 0.717) is 0 Å². The van der Waals surface area contributed by atoms with Crippen molar-refractivity contribution in [1.29, 1.82) is 0 Å². The molecule has 1 N–H and O–H groups in total. The Morgan fingerprint density at radius 2 is 2.40 bits per heavy atom. The van der Waals surface area contributed by atoms with Crippen LogP contribution in [0.5, 0.6) is 0 Å². The van der Waals surface area contributed by atoms with Crippen LogP contribution in [0.3, 0.4) is 0 Å². The van der Waals surface area contributed by atoms with E-state index in [2.05, 4.69) is 5.16 Å². The highest BCUT2D eigenvalue weighted by atomic mass is 16.5. The zero-order chi connectivity index (χ0) is 11.0. The zero-order valence-corrected chi connectivity index (χ0v) is 8.99. The van der Waals surface area contributed by atoms with Crippen molar-refractivity contribution in [3.05, 3.63) is 17.0 Å². The largest absolute Gasteiger partial charge is 0.481 e. The molecule has 1 aliphatic rings. The first-order valence-electron chi connectivity index (χ1n) is 5.29. The fraction of sp³-hybridized carbons (Fsp3) is 0.636. The lowest BCUT2D eigenvalue weighted by Gasteiger charge is -2.24. The van der Waals surface area contributed by atoms with E-state index in [1.165, 1.54) is 0 Å². The molecule has 1 aromatic heterocycles. The highest BCUT2D eigenvalue weighted by Crippen LogP contribution is 2.38. The van der Waals surface area contributed by atoms with Crippen LogP contribution in [0.25, 0.3) is 0 Å². The molecule has 0 saturated carbocycles. The first-order chi connectivity index (χ1) is 7.11. The maximum absolute atomic E-state index is 11.0. The Kier molecular flexibility index (Phi) is 2.50. The number of aromatic nitrogens is 1. The summed E-state index contributed by atoms with van der Waals surface area (Å²) in [6.45, 7) is 3.64. The maximum atomic E-state index is 11.0. The van der Waals surface area contributed by atoms with E-state index >= 15 is 0 Å². The third-order valence-corrected chi connectivity index (χ3v) is 3.27. The SMILES string of the molecule is Cc1noc2c1C(C(C)C(=O)O)CCC2. The normalized spacial score (nSPS) is 22.1. The predicted molar refractivity (Wildman–Crippen MR) is 53.7 cm³/mol. The average molecular weight is 209 g/mol. The lowest BCUT2D eigenvalue weighted by molar-refractivity contribution is -0.142. The molecule has 2 atom stereocenters. The molecule has 2 unspecified atom stereocenters. The first kappa shape index (κ1) is 10.2. The van der Waals surface area contributed by atoms with Gasteiger partial charge in [-0.2, -0.15) is 0 Å². The summed E-state index contributed by atoms with van der Waals surface area (Å²) in [5, 5.41) is 13.0. The zero-order valence-electron chi connectivity index (χ0n) is 8.99. The van der Waals surface area contributed by atoms with E-state index in [-0.39, 0.29) is 11.8 Å². The highest BCUT2D eigenvalue weighted by molar-refractivity contribution is 5.71. The number of fused-ring (bicyclic) bond motifs is 1. The van der Waals surface area contributed by atoms with E-state index in [4.69, 9.17) is 9.63 Å². The molecule has 0 amide bonds. The Bertz CT molecular complexity index is 383. The van der Waals surface area contributed by atoms with Gasteiger partial charge >= 0.3 is 5.97 Å². The van der Waals surface area contributed by atoms with Crippen LogP contribution in [0, 0.1) is 12.8 Å². The molecular formula is C11H15NO3. The Balaban J connectivity index is 2.36. The molecule has 1 heterocycles. The van der Waals surface area contributed by atoms with Crippen LogP contribution in [0.4, 0.5) is 0 Å².